The van der Waals surface area contributed by atoms with Crippen LogP contribution in [0.3, 0.4) is 0 Å². The number of hydrogen-bond acceptors (Lipinski definition) is 4. The summed E-state index contributed by atoms with van der Waals surface area (Å²) in [5, 5.41) is 3.94. The maximum Gasteiger partial charge on any atom is 0.243 e. The Kier molecular flexibility index (Phi) is 3.73. The summed E-state index contributed by atoms with van der Waals surface area (Å²) in [7, 11) is -3.51. The topological polar surface area (TPSA) is 76.9 Å². The van der Waals surface area contributed by atoms with Gasteiger partial charge in [-0.1, -0.05) is 6.07 Å². The molecule has 6 nitrogen and oxygen atoms in total. The normalized spacial score (nSPS) is 11.6. The SMILES string of the molecule is CCn1cc(S(=O)(=O)NCc2cccnc2)cn1. The Morgan fingerprint density at radius 1 is 1.39 bits per heavy atom. The van der Waals surface area contributed by atoms with E-state index in [-0.39, 0.29) is 11.4 Å². The highest BCUT2D eigenvalue weighted by molar-refractivity contribution is 7.89. The van der Waals surface area contributed by atoms with Crippen LogP contribution in [0.15, 0.2) is 41.8 Å². The number of aryl methyl sites for hydroxylation is 1. The molecule has 7 heteroatoms. The fraction of sp³-hybridized carbons (Fsp3) is 0.273. The van der Waals surface area contributed by atoms with Crippen LogP contribution in [0.25, 0.3) is 0 Å². The molecule has 1 N–H and O–H groups in total. The molecule has 0 aliphatic rings. The molecule has 0 unspecified atom stereocenters. The van der Waals surface area contributed by atoms with Crippen LogP contribution in [0.4, 0.5) is 0 Å². The molecule has 0 aliphatic heterocycles. The van der Waals surface area contributed by atoms with Gasteiger partial charge in [0.1, 0.15) is 4.90 Å². The van der Waals surface area contributed by atoms with Crippen LogP contribution >= 0.6 is 0 Å². The molecule has 0 bridgehead atoms. The van der Waals surface area contributed by atoms with Crippen LogP contribution < -0.4 is 4.72 Å². The molecule has 2 aromatic rings. The molecule has 2 aromatic heterocycles. The lowest BCUT2D eigenvalue weighted by molar-refractivity contribution is 0.580. The molecule has 2 heterocycles. The van der Waals surface area contributed by atoms with Crippen LogP contribution in [0.5, 0.6) is 0 Å². The average molecular weight is 266 g/mol. The molecule has 0 saturated carbocycles. The highest BCUT2D eigenvalue weighted by Crippen LogP contribution is 2.07. The lowest BCUT2D eigenvalue weighted by atomic mass is 10.3. The second-order valence-electron chi connectivity index (χ2n) is 3.72. The molecule has 96 valence electrons. The molecule has 0 atom stereocenters. The van der Waals surface area contributed by atoms with E-state index in [1.165, 1.54) is 12.4 Å². The minimum atomic E-state index is -3.51. The largest absolute Gasteiger partial charge is 0.272 e. The molecule has 0 saturated heterocycles. The Balaban J connectivity index is 2.08. The summed E-state index contributed by atoms with van der Waals surface area (Å²) in [6, 6.07) is 3.57. The van der Waals surface area contributed by atoms with Gasteiger partial charge in [0.15, 0.2) is 0 Å². The third-order valence-corrected chi connectivity index (χ3v) is 3.79. The van der Waals surface area contributed by atoms with Gasteiger partial charge in [-0.2, -0.15) is 5.10 Å². The fourth-order valence-corrected chi connectivity index (χ4v) is 2.39. The van der Waals surface area contributed by atoms with Crippen molar-refractivity contribution in [2.75, 3.05) is 0 Å². The molecule has 0 radical (unpaired) electrons. The lowest BCUT2D eigenvalue weighted by Crippen LogP contribution is -2.22. The maximum absolute atomic E-state index is 11.9. The lowest BCUT2D eigenvalue weighted by Gasteiger charge is -2.04. The van der Waals surface area contributed by atoms with Gasteiger partial charge in [-0.25, -0.2) is 13.1 Å². The number of pyridine rings is 1. The summed E-state index contributed by atoms with van der Waals surface area (Å²) in [5.41, 5.74) is 0.809. The van der Waals surface area contributed by atoms with Gasteiger partial charge >= 0.3 is 0 Å². The van der Waals surface area contributed by atoms with E-state index in [0.717, 1.165) is 5.56 Å². The predicted molar refractivity (Wildman–Crippen MR) is 66.2 cm³/mol. The van der Waals surface area contributed by atoms with Gasteiger partial charge in [-0.3, -0.25) is 9.67 Å². The smallest absolute Gasteiger partial charge is 0.243 e. The first-order valence-corrected chi connectivity index (χ1v) is 7.01. The second-order valence-corrected chi connectivity index (χ2v) is 5.48. The van der Waals surface area contributed by atoms with E-state index >= 15 is 0 Å². The third-order valence-electron chi connectivity index (χ3n) is 2.43. The quantitative estimate of drug-likeness (QED) is 0.867. The van der Waals surface area contributed by atoms with E-state index in [9.17, 15) is 8.42 Å². The maximum atomic E-state index is 11.9. The van der Waals surface area contributed by atoms with Crippen molar-refractivity contribution in [3.63, 3.8) is 0 Å². The summed E-state index contributed by atoms with van der Waals surface area (Å²) in [4.78, 5) is 4.10. The van der Waals surface area contributed by atoms with E-state index in [1.807, 2.05) is 13.0 Å². The van der Waals surface area contributed by atoms with Gasteiger partial charge in [0, 0.05) is 31.7 Å². The Hall–Kier alpha value is -1.73. The van der Waals surface area contributed by atoms with Crippen molar-refractivity contribution in [2.45, 2.75) is 24.9 Å². The van der Waals surface area contributed by atoms with Gasteiger partial charge in [0.05, 0.1) is 6.20 Å². The molecule has 0 amide bonds. The van der Waals surface area contributed by atoms with E-state index in [1.54, 1.807) is 23.1 Å². The van der Waals surface area contributed by atoms with Gasteiger partial charge in [-0.05, 0) is 18.6 Å². The number of aromatic nitrogens is 3. The number of nitrogens with zero attached hydrogens (tertiary/aromatic N) is 3. The van der Waals surface area contributed by atoms with Crippen LogP contribution in [-0.4, -0.2) is 23.2 Å². The van der Waals surface area contributed by atoms with E-state index < -0.39 is 10.0 Å². The van der Waals surface area contributed by atoms with E-state index in [2.05, 4.69) is 14.8 Å². The number of sulfonamides is 1. The Bertz CT molecular complexity index is 607. The minimum Gasteiger partial charge on any atom is -0.272 e. The van der Waals surface area contributed by atoms with Crippen LogP contribution in [0, 0.1) is 0 Å². The molecule has 2 rings (SSSR count). The zero-order valence-electron chi connectivity index (χ0n) is 9.94. The van der Waals surface area contributed by atoms with Crippen molar-refractivity contribution in [3.05, 3.63) is 42.5 Å². The van der Waals surface area contributed by atoms with Gasteiger partial charge in [-0.15, -0.1) is 0 Å². The van der Waals surface area contributed by atoms with Crippen LogP contribution in [0.1, 0.15) is 12.5 Å². The molecular formula is C11H14N4O2S. The highest BCUT2D eigenvalue weighted by atomic mass is 32.2. The highest BCUT2D eigenvalue weighted by Gasteiger charge is 2.15. The molecule has 0 fully saturated rings. The summed E-state index contributed by atoms with van der Waals surface area (Å²) >= 11 is 0. The van der Waals surface area contributed by atoms with Crippen molar-refractivity contribution in [1.82, 2.24) is 19.5 Å². The van der Waals surface area contributed by atoms with Crippen molar-refractivity contribution in [1.29, 1.82) is 0 Å². The van der Waals surface area contributed by atoms with Gasteiger partial charge in [0.2, 0.25) is 10.0 Å². The zero-order chi connectivity index (χ0) is 13.0. The Labute approximate surface area is 106 Å². The van der Waals surface area contributed by atoms with Crippen LogP contribution in [0.2, 0.25) is 0 Å². The molecule has 0 aliphatic carbocycles. The zero-order valence-corrected chi connectivity index (χ0v) is 10.8. The number of rotatable bonds is 5. The molecule has 0 spiro atoms. The molecule has 0 aromatic carbocycles. The molecule has 18 heavy (non-hydrogen) atoms. The Morgan fingerprint density at radius 3 is 2.83 bits per heavy atom. The van der Waals surface area contributed by atoms with E-state index in [4.69, 9.17) is 0 Å². The monoisotopic (exact) mass is 266 g/mol. The van der Waals surface area contributed by atoms with Crippen molar-refractivity contribution < 1.29 is 8.42 Å². The van der Waals surface area contributed by atoms with Crippen molar-refractivity contribution in [2.24, 2.45) is 0 Å². The molecular weight excluding hydrogens is 252 g/mol. The number of nitrogens with one attached hydrogen (secondary N) is 1. The standard InChI is InChI=1S/C11H14N4O2S/c1-2-15-9-11(8-13-15)18(16,17)14-7-10-4-3-5-12-6-10/h3-6,8-9,14H,2,7H2,1H3. The summed E-state index contributed by atoms with van der Waals surface area (Å²) < 4.78 is 28.0. The Morgan fingerprint density at radius 2 is 2.22 bits per heavy atom. The second kappa shape index (κ2) is 5.28. The van der Waals surface area contributed by atoms with Crippen molar-refractivity contribution in [3.8, 4) is 0 Å². The first kappa shape index (κ1) is 12.7. The first-order chi connectivity index (χ1) is 8.62. The van der Waals surface area contributed by atoms with Gasteiger partial charge < -0.3 is 0 Å². The van der Waals surface area contributed by atoms with Crippen LogP contribution in [-0.2, 0) is 23.1 Å². The minimum absolute atomic E-state index is 0.174. The summed E-state index contributed by atoms with van der Waals surface area (Å²) in [5.74, 6) is 0. The van der Waals surface area contributed by atoms with Gasteiger partial charge in [0.25, 0.3) is 0 Å². The third kappa shape index (κ3) is 2.93. The summed E-state index contributed by atoms with van der Waals surface area (Å²) in [6.45, 7) is 2.75. The first-order valence-electron chi connectivity index (χ1n) is 5.53. The van der Waals surface area contributed by atoms with Crippen molar-refractivity contribution >= 4 is 10.0 Å². The predicted octanol–water partition coefficient (Wildman–Crippen LogP) is 0.776. The van der Waals surface area contributed by atoms with E-state index in [0.29, 0.717) is 6.54 Å². The number of hydrogen-bond donors (Lipinski definition) is 1. The fourth-order valence-electron chi connectivity index (χ4n) is 1.42. The average Bonchev–Trinajstić information content (AvgIpc) is 2.87. The summed E-state index contributed by atoms with van der Waals surface area (Å²) in [6.07, 6.45) is 6.11.